The molecule has 2 fully saturated rings. The van der Waals surface area contributed by atoms with Gasteiger partial charge in [0.15, 0.2) is 0 Å². The van der Waals surface area contributed by atoms with E-state index in [2.05, 4.69) is 9.88 Å². The van der Waals surface area contributed by atoms with Crippen molar-refractivity contribution >= 4 is 11.8 Å². The van der Waals surface area contributed by atoms with Crippen LogP contribution in [0.15, 0.2) is 42.4 Å². The fourth-order valence-electron chi connectivity index (χ4n) is 4.16. The number of pyridine rings is 1. The number of allylic oxidation sites excluding steroid dienone is 2. The first kappa shape index (κ1) is 19.8. The maximum absolute atomic E-state index is 13.6. The smallest absolute Gasteiger partial charge is 0.320 e. The molecule has 2 amide bonds. The van der Waals surface area contributed by atoms with Gasteiger partial charge in [0.05, 0.1) is 18.9 Å². The standard InChI is InChI=1S/C21H26F2N4O2/c1-16-11-25(8-3-2-4-17(22)7-9-29-16)20(28)27-14-21(15-27)12-26(13-21)19-6-5-18(23)10-24-19/h2-3,5-7,10,16H,4,8-9,11-15H2,1H3/b3-2-,17-7+. The van der Waals surface area contributed by atoms with E-state index in [-0.39, 0.29) is 42.2 Å². The molecule has 0 aliphatic carbocycles. The highest BCUT2D eigenvalue weighted by molar-refractivity contribution is 5.76. The molecular weight excluding hydrogens is 378 g/mol. The maximum atomic E-state index is 13.6. The van der Waals surface area contributed by atoms with Crippen molar-refractivity contribution in [2.45, 2.75) is 19.4 Å². The van der Waals surface area contributed by atoms with E-state index in [1.165, 1.54) is 18.3 Å². The van der Waals surface area contributed by atoms with Gasteiger partial charge in [-0.15, -0.1) is 0 Å². The number of aromatic nitrogens is 1. The van der Waals surface area contributed by atoms with E-state index >= 15 is 0 Å². The second kappa shape index (κ2) is 8.10. The largest absolute Gasteiger partial charge is 0.373 e. The van der Waals surface area contributed by atoms with Gasteiger partial charge in [-0.25, -0.2) is 18.6 Å². The lowest BCUT2D eigenvalue weighted by atomic mass is 9.73. The number of anilines is 1. The van der Waals surface area contributed by atoms with Crippen molar-refractivity contribution in [2.75, 3.05) is 50.8 Å². The lowest BCUT2D eigenvalue weighted by molar-refractivity contribution is -0.00968. The molecule has 3 aliphatic rings. The molecule has 1 aromatic rings. The number of amides is 2. The van der Waals surface area contributed by atoms with E-state index in [9.17, 15) is 13.6 Å². The van der Waals surface area contributed by atoms with E-state index in [0.29, 0.717) is 26.2 Å². The third kappa shape index (κ3) is 4.42. The fourth-order valence-corrected chi connectivity index (χ4v) is 4.16. The number of likely N-dealkylation sites (tertiary alicyclic amines) is 1. The topological polar surface area (TPSA) is 48.9 Å². The molecule has 4 heterocycles. The molecule has 1 unspecified atom stereocenters. The van der Waals surface area contributed by atoms with Crippen molar-refractivity contribution in [3.05, 3.63) is 48.2 Å². The maximum Gasteiger partial charge on any atom is 0.320 e. The Hall–Kier alpha value is -2.48. The van der Waals surface area contributed by atoms with Crippen molar-refractivity contribution in [2.24, 2.45) is 5.41 Å². The summed E-state index contributed by atoms with van der Waals surface area (Å²) in [5.74, 6) is 0.208. The van der Waals surface area contributed by atoms with Crippen LogP contribution in [0.3, 0.4) is 0 Å². The average Bonchev–Trinajstić information content (AvgIpc) is 2.66. The first-order valence-electron chi connectivity index (χ1n) is 9.96. The van der Waals surface area contributed by atoms with Crippen molar-refractivity contribution in [1.82, 2.24) is 14.8 Å². The molecule has 0 radical (unpaired) electrons. The number of halogens is 2. The Morgan fingerprint density at radius 2 is 1.97 bits per heavy atom. The highest BCUT2D eigenvalue weighted by Gasteiger charge is 2.54. The Bertz CT molecular complexity index is 797. The van der Waals surface area contributed by atoms with Gasteiger partial charge in [-0.3, -0.25) is 0 Å². The Morgan fingerprint density at radius 1 is 1.17 bits per heavy atom. The summed E-state index contributed by atoms with van der Waals surface area (Å²) in [6.07, 6.45) is 6.30. The van der Waals surface area contributed by atoms with Crippen molar-refractivity contribution in [1.29, 1.82) is 0 Å². The molecule has 4 rings (SSSR count). The molecule has 0 N–H and O–H groups in total. The van der Waals surface area contributed by atoms with Gasteiger partial charge in [0.1, 0.15) is 17.5 Å². The van der Waals surface area contributed by atoms with Gasteiger partial charge >= 0.3 is 6.03 Å². The van der Waals surface area contributed by atoms with Gasteiger partial charge in [0.25, 0.3) is 0 Å². The molecule has 29 heavy (non-hydrogen) atoms. The van der Waals surface area contributed by atoms with Crippen molar-refractivity contribution in [3.63, 3.8) is 0 Å². The second-order valence-electron chi connectivity index (χ2n) is 8.20. The van der Waals surface area contributed by atoms with Gasteiger partial charge in [0, 0.05) is 51.1 Å². The number of urea groups is 1. The van der Waals surface area contributed by atoms with Crippen LogP contribution < -0.4 is 4.90 Å². The molecule has 3 aliphatic heterocycles. The summed E-state index contributed by atoms with van der Waals surface area (Å²) < 4.78 is 32.2. The lowest BCUT2D eigenvalue weighted by Gasteiger charge is -2.60. The number of ether oxygens (including phenoxy) is 1. The summed E-state index contributed by atoms with van der Waals surface area (Å²) in [5, 5.41) is 0. The van der Waals surface area contributed by atoms with Gasteiger partial charge in [-0.2, -0.15) is 0 Å². The average molecular weight is 404 g/mol. The number of hydrogen-bond acceptors (Lipinski definition) is 4. The fraction of sp³-hybridized carbons (Fsp3) is 0.524. The Morgan fingerprint density at radius 3 is 2.69 bits per heavy atom. The first-order valence-corrected chi connectivity index (χ1v) is 9.96. The summed E-state index contributed by atoms with van der Waals surface area (Å²) in [5.41, 5.74) is 0.102. The molecular formula is C21H26F2N4O2. The van der Waals surface area contributed by atoms with Crippen LogP contribution >= 0.6 is 0 Å². The van der Waals surface area contributed by atoms with E-state index in [1.807, 2.05) is 17.9 Å². The normalized spacial score (nSPS) is 27.3. The van der Waals surface area contributed by atoms with E-state index < -0.39 is 0 Å². The molecule has 0 saturated carbocycles. The van der Waals surface area contributed by atoms with Crippen LogP contribution in [-0.4, -0.2) is 72.8 Å². The number of rotatable bonds is 1. The van der Waals surface area contributed by atoms with Crippen molar-refractivity contribution < 1.29 is 18.3 Å². The predicted octanol–water partition coefficient (Wildman–Crippen LogP) is 2.98. The van der Waals surface area contributed by atoms with E-state index in [1.54, 1.807) is 17.0 Å². The molecule has 0 aromatic carbocycles. The third-order valence-corrected chi connectivity index (χ3v) is 5.65. The monoisotopic (exact) mass is 404 g/mol. The highest BCUT2D eigenvalue weighted by Crippen LogP contribution is 2.41. The summed E-state index contributed by atoms with van der Waals surface area (Å²) in [6, 6.07) is 3.09. The van der Waals surface area contributed by atoms with Gasteiger partial charge in [-0.05, 0) is 25.1 Å². The lowest BCUT2D eigenvalue weighted by Crippen LogP contribution is -2.74. The van der Waals surface area contributed by atoms with E-state index in [4.69, 9.17) is 4.74 Å². The number of carbonyl (C=O) groups is 1. The Balaban J connectivity index is 1.31. The molecule has 1 atom stereocenters. The van der Waals surface area contributed by atoms with Crippen LogP contribution in [0.4, 0.5) is 19.4 Å². The summed E-state index contributed by atoms with van der Waals surface area (Å²) >= 11 is 0. The minimum Gasteiger partial charge on any atom is -0.373 e. The zero-order chi connectivity index (χ0) is 20.4. The SMILES string of the molecule is CC1CN(C(=O)N2CC3(C2)CN(c2ccc(F)cn2)C3)C/C=C\C/C(F)=C\CO1. The summed E-state index contributed by atoms with van der Waals surface area (Å²) in [7, 11) is 0. The molecule has 156 valence electrons. The Labute approximate surface area is 169 Å². The second-order valence-corrected chi connectivity index (χ2v) is 8.20. The van der Waals surface area contributed by atoms with Crippen LogP contribution in [0.2, 0.25) is 0 Å². The molecule has 1 aromatic heterocycles. The van der Waals surface area contributed by atoms with Crippen LogP contribution in [0, 0.1) is 11.2 Å². The molecule has 6 nitrogen and oxygen atoms in total. The highest BCUT2D eigenvalue weighted by atomic mass is 19.1. The quantitative estimate of drug-likeness (QED) is 0.676. The van der Waals surface area contributed by atoms with Crippen LogP contribution in [-0.2, 0) is 4.74 Å². The van der Waals surface area contributed by atoms with Gasteiger partial charge in [0.2, 0.25) is 0 Å². The van der Waals surface area contributed by atoms with Gasteiger partial charge < -0.3 is 19.4 Å². The Kier molecular flexibility index (Phi) is 5.54. The molecule has 1 spiro atoms. The molecule has 0 bridgehead atoms. The number of nitrogens with zero attached hydrogens (tertiary/aromatic N) is 4. The minimum absolute atomic E-state index is 0.0123. The van der Waals surface area contributed by atoms with Crippen LogP contribution in [0.1, 0.15) is 13.3 Å². The van der Waals surface area contributed by atoms with Crippen LogP contribution in [0.25, 0.3) is 0 Å². The molecule has 2 saturated heterocycles. The van der Waals surface area contributed by atoms with Crippen molar-refractivity contribution in [3.8, 4) is 0 Å². The minimum atomic E-state index is -0.342. The first-order chi connectivity index (χ1) is 13.9. The number of hydrogen-bond donors (Lipinski definition) is 0. The van der Waals surface area contributed by atoms with E-state index in [0.717, 1.165) is 18.9 Å². The van der Waals surface area contributed by atoms with Gasteiger partial charge in [-0.1, -0.05) is 12.2 Å². The predicted molar refractivity (Wildman–Crippen MR) is 106 cm³/mol. The molecule has 8 heteroatoms. The van der Waals surface area contributed by atoms with Crippen LogP contribution in [0.5, 0.6) is 0 Å². The summed E-state index contributed by atoms with van der Waals surface area (Å²) in [4.78, 5) is 22.8. The zero-order valence-electron chi connectivity index (χ0n) is 16.6. The third-order valence-electron chi connectivity index (χ3n) is 5.65. The zero-order valence-corrected chi connectivity index (χ0v) is 16.6. The summed E-state index contributed by atoms with van der Waals surface area (Å²) in [6.45, 7) is 6.06. The number of carbonyl (C=O) groups excluding carboxylic acids is 1.